The molecule has 3 N–H and O–H groups in total. The van der Waals surface area contributed by atoms with Crippen molar-refractivity contribution < 1.29 is 14.7 Å². The van der Waals surface area contributed by atoms with E-state index in [0.717, 1.165) is 25.7 Å². The monoisotopic (exact) mass is 282 g/mol. The summed E-state index contributed by atoms with van der Waals surface area (Å²) >= 11 is 1.35. The van der Waals surface area contributed by atoms with E-state index in [9.17, 15) is 14.7 Å². The number of amides is 2. The number of aliphatic hydroxyl groups excluding tert-OH is 1. The standard InChI is InChI=1S/C13H18N2O3S/c16-10-5-3-9(4-6-10)15-12(17)8-14-13(18)11-2-1-7-19-11/h1-2,7,9-10,16H,3-6,8H2,(H,14,18)(H,15,17). The molecule has 1 aliphatic rings. The molecule has 1 saturated carbocycles. The lowest BCUT2D eigenvalue weighted by molar-refractivity contribution is -0.121. The Morgan fingerprint density at radius 1 is 1.32 bits per heavy atom. The van der Waals surface area contributed by atoms with Crippen molar-refractivity contribution >= 4 is 23.2 Å². The minimum absolute atomic E-state index is 0.00418. The Kier molecular flexibility index (Phi) is 4.93. The summed E-state index contributed by atoms with van der Waals surface area (Å²) in [6, 6.07) is 3.64. The third-order valence-electron chi connectivity index (χ3n) is 3.22. The molecule has 1 aromatic heterocycles. The van der Waals surface area contributed by atoms with Gasteiger partial charge in [0.25, 0.3) is 5.91 Å². The van der Waals surface area contributed by atoms with Gasteiger partial charge in [-0.25, -0.2) is 0 Å². The van der Waals surface area contributed by atoms with Crippen LogP contribution < -0.4 is 10.6 Å². The topological polar surface area (TPSA) is 78.4 Å². The normalized spacial score (nSPS) is 22.8. The van der Waals surface area contributed by atoms with Crippen LogP contribution in [0.4, 0.5) is 0 Å². The summed E-state index contributed by atoms with van der Waals surface area (Å²) in [5.41, 5.74) is 0. The number of carbonyl (C=O) groups excluding carboxylic acids is 2. The molecule has 0 atom stereocenters. The van der Waals surface area contributed by atoms with Crippen LogP contribution in [0.3, 0.4) is 0 Å². The van der Waals surface area contributed by atoms with E-state index < -0.39 is 0 Å². The second-order valence-corrected chi connectivity index (χ2v) is 5.68. The first kappa shape index (κ1) is 14.0. The third-order valence-corrected chi connectivity index (χ3v) is 4.08. The molecule has 1 aromatic rings. The van der Waals surface area contributed by atoms with Crippen LogP contribution in [0.1, 0.15) is 35.4 Å². The molecule has 5 nitrogen and oxygen atoms in total. The van der Waals surface area contributed by atoms with Crippen LogP contribution >= 0.6 is 11.3 Å². The smallest absolute Gasteiger partial charge is 0.261 e. The quantitative estimate of drug-likeness (QED) is 0.767. The van der Waals surface area contributed by atoms with Gasteiger partial charge < -0.3 is 15.7 Å². The van der Waals surface area contributed by atoms with Gasteiger partial charge in [0.15, 0.2) is 0 Å². The average Bonchev–Trinajstić information content (AvgIpc) is 2.93. The Bertz CT molecular complexity index is 425. The van der Waals surface area contributed by atoms with E-state index in [1.807, 2.05) is 5.38 Å². The number of carbonyl (C=O) groups is 2. The summed E-state index contributed by atoms with van der Waals surface area (Å²) in [7, 11) is 0. The van der Waals surface area contributed by atoms with E-state index in [-0.39, 0.29) is 30.5 Å². The SMILES string of the molecule is O=C(CNC(=O)c1cccs1)NC1CCC(O)CC1. The largest absolute Gasteiger partial charge is 0.393 e. The first-order valence-electron chi connectivity index (χ1n) is 6.44. The Morgan fingerprint density at radius 3 is 2.68 bits per heavy atom. The fourth-order valence-electron chi connectivity index (χ4n) is 2.15. The summed E-state index contributed by atoms with van der Waals surface area (Å²) in [5, 5.41) is 16.7. The molecule has 1 aliphatic carbocycles. The van der Waals surface area contributed by atoms with Gasteiger partial charge in [0.2, 0.25) is 5.91 Å². The first-order valence-corrected chi connectivity index (χ1v) is 7.32. The van der Waals surface area contributed by atoms with E-state index in [2.05, 4.69) is 10.6 Å². The summed E-state index contributed by atoms with van der Waals surface area (Å²) in [6.45, 7) is -0.00418. The van der Waals surface area contributed by atoms with Gasteiger partial charge in [-0.3, -0.25) is 9.59 Å². The van der Waals surface area contributed by atoms with Crippen LogP contribution in [0, 0.1) is 0 Å². The second kappa shape index (κ2) is 6.68. The van der Waals surface area contributed by atoms with Gasteiger partial charge in [-0.05, 0) is 37.1 Å². The van der Waals surface area contributed by atoms with Gasteiger partial charge in [0.05, 0.1) is 17.5 Å². The Balaban J connectivity index is 1.69. The fraction of sp³-hybridized carbons (Fsp3) is 0.538. The van der Waals surface area contributed by atoms with Gasteiger partial charge in [0.1, 0.15) is 0 Å². The molecule has 2 rings (SSSR count). The number of rotatable bonds is 4. The van der Waals surface area contributed by atoms with Crippen molar-refractivity contribution in [2.24, 2.45) is 0 Å². The number of aliphatic hydroxyl groups is 1. The molecule has 6 heteroatoms. The van der Waals surface area contributed by atoms with Gasteiger partial charge in [-0.15, -0.1) is 11.3 Å². The summed E-state index contributed by atoms with van der Waals surface area (Å²) in [6.07, 6.45) is 2.82. The number of hydrogen-bond donors (Lipinski definition) is 3. The van der Waals surface area contributed by atoms with E-state index in [1.54, 1.807) is 12.1 Å². The predicted octanol–water partition coefficient (Wildman–Crippen LogP) is 0.898. The van der Waals surface area contributed by atoms with Crippen LogP contribution in [0.2, 0.25) is 0 Å². The summed E-state index contributed by atoms with van der Waals surface area (Å²) < 4.78 is 0. The van der Waals surface area contributed by atoms with E-state index >= 15 is 0 Å². The van der Waals surface area contributed by atoms with Crippen molar-refractivity contribution in [3.63, 3.8) is 0 Å². The van der Waals surface area contributed by atoms with E-state index in [4.69, 9.17) is 0 Å². The van der Waals surface area contributed by atoms with E-state index in [0.29, 0.717) is 4.88 Å². The van der Waals surface area contributed by atoms with Crippen LogP contribution in [-0.2, 0) is 4.79 Å². The highest BCUT2D eigenvalue weighted by atomic mass is 32.1. The maximum absolute atomic E-state index is 11.7. The maximum Gasteiger partial charge on any atom is 0.261 e. The molecule has 104 valence electrons. The Labute approximate surface area is 116 Å². The third kappa shape index (κ3) is 4.33. The number of nitrogens with one attached hydrogen (secondary N) is 2. The lowest BCUT2D eigenvalue weighted by Crippen LogP contribution is -2.43. The number of hydrogen-bond acceptors (Lipinski definition) is 4. The molecule has 1 fully saturated rings. The highest BCUT2D eigenvalue weighted by Crippen LogP contribution is 2.18. The van der Waals surface area contributed by atoms with Gasteiger partial charge in [-0.2, -0.15) is 0 Å². The van der Waals surface area contributed by atoms with Gasteiger partial charge in [-0.1, -0.05) is 6.07 Å². The second-order valence-electron chi connectivity index (χ2n) is 4.73. The van der Waals surface area contributed by atoms with Gasteiger partial charge in [0, 0.05) is 6.04 Å². The van der Waals surface area contributed by atoms with Crippen molar-refractivity contribution in [3.05, 3.63) is 22.4 Å². The predicted molar refractivity (Wildman–Crippen MR) is 73.1 cm³/mol. The Hall–Kier alpha value is -1.40. The van der Waals surface area contributed by atoms with Crippen molar-refractivity contribution in [1.82, 2.24) is 10.6 Å². The average molecular weight is 282 g/mol. The molecule has 2 amide bonds. The fourth-order valence-corrected chi connectivity index (χ4v) is 2.79. The van der Waals surface area contributed by atoms with Gasteiger partial charge >= 0.3 is 0 Å². The minimum atomic E-state index is -0.230. The highest BCUT2D eigenvalue weighted by molar-refractivity contribution is 7.12. The highest BCUT2D eigenvalue weighted by Gasteiger charge is 2.20. The first-order chi connectivity index (χ1) is 9.15. The molecule has 0 aromatic carbocycles. The van der Waals surface area contributed by atoms with Crippen molar-refractivity contribution in [1.29, 1.82) is 0 Å². The van der Waals surface area contributed by atoms with Crippen LogP contribution in [0.5, 0.6) is 0 Å². The molecule has 0 unspecified atom stereocenters. The van der Waals surface area contributed by atoms with Crippen LogP contribution in [-0.4, -0.2) is 35.6 Å². The molecular formula is C13H18N2O3S. The molecule has 0 radical (unpaired) electrons. The lowest BCUT2D eigenvalue weighted by atomic mass is 9.93. The van der Waals surface area contributed by atoms with Crippen molar-refractivity contribution in [2.45, 2.75) is 37.8 Å². The lowest BCUT2D eigenvalue weighted by Gasteiger charge is -2.26. The zero-order valence-electron chi connectivity index (χ0n) is 10.6. The molecular weight excluding hydrogens is 264 g/mol. The molecule has 1 heterocycles. The van der Waals surface area contributed by atoms with Crippen LogP contribution in [0.25, 0.3) is 0 Å². The zero-order chi connectivity index (χ0) is 13.7. The number of thiophene rings is 1. The minimum Gasteiger partial charge on any atom is -0.393 e. The van der Waals surface area contributed by atoms with Crippen molar-refractivity contribution in [2.75, 3.05) is 6.54 Å². The Morgan fingerprint density at radius 2 is 2.05 bits per heavy atom. The van der Waals surface area contributed by atoms with Crippen LogP contribution in [0.15, 0.2) is 17.5 Å². The summed E-state index contributed by atoms with van der Waals surface area (Å²) in [4.78, 5) is 23.9. The summed E-state index contributed by atoms with van der Waals surface area (Å²) in [5.74, 6) is -0.393. The van der Waals surface area contributed by atoms with Crippen molar-refractivity contribution in [3.8, 4) is 0 Å². The molecule has 0 spiro atoms. The molecule has 0 bridgehead atoms. The molecule has 19 heavy (non-hydrogen) atoms. The molecule has 0 saturated heterocycles. The molecule has 0 aliphatic heterocycles. The maximum atomic E-state index is 11.7. The zero-order valence-corrected chi connectivity index (χ0v) is 11.4. The van der Waals surface area contributed by atoms with E-state index in [1.165, 1.54) is 11.3 Å².